The summed E-state index contributed by atoms with van der Waals surface area (Å²) >= 11 is 0. The van der Waals surface area contributed by atoms with Crippen LogP contribution in [0.4, 0.5) is 4.39 Å². The average Bonchev–Trinajstić information content (AvgIpc) is 3.20. The molecule has 5 nitrogen and oxygen atoms in total. The number of halogens is 1. The smallest absolute Gasteiger partial charge is 0.271 e. The highest BCUT2D eigenvalue weighted by Crippen LogP contribution is 2.23. The van der Waals surface area contributed by atoms with Crippen molar-refractivity contribution >= 4 is 22.9 Å². The molecular weight excluding hydrogens is 465 g/mol. The zero-order valence-corrected chi connectivity index (χ0v) is 20.6. The van der Waals surface area contributed by atoms with E-state index in [0.29, 0.717) is 12.2 Å². The van der Waals surface area contributed by atoms with Gasteiger partial charge in [0.05, 0.1) is 6.21 Å². The Morgan fingerprint density at radius 2 is 1.65 bits per heavy atom. The summed E-state index contributed by atoms with van der Waals surface area (Å²) in [5.41, 5.74) is 8.03. The van der Waals surface area contributed by atoms with Gasteiger partial charge in [-0.1, -0.05) is 42.5 Å². The van der Waals surface area contributed by atoms with Gasteiger partial charge in [0.2, 0.25) is 0 Å². The topological polar surface area (TPSA) is 55.6 Å². The van der Waals surface area contributed by atoms with Crippen LogP contribution in [0.25, 0.3) is 16.5 Å². The van der Waals surface area contributed by atoms with Crippen LogP contribution in [0.5, 0.6) is 5.75 Å². The molecule has 1 amide bonds. The van der Waals surface area contributed by atoms with Crippen LogP contribution < -0.4 is 10.2 Å². The van der Waals surface area contributed by atoms with E-state index in [9.17, 15) is 9.18 Å². The van der Waals surface area contributed by atoms with E-state index in [4.69, 9.17) is 4.74 Å². The second-order valence-electron chi connectivity index (χ2n) is 8.83. The molecule has 0 atom stereocenters. The molecule has 0 aliphatic heterocycles. The summed E-state index contributed by atoms with van der Waals surface area (Å²) in [6, 6.07) is 29.6. The number of hydrogen-bond donors (Lipinski definition) is 1. The second kappa shape index (κ2) is 10.5. The molecule has 0 unspecified atom stereocenters. The normalized spacial score (nSPS) is 11.2. The third-order valence-electron chi connectivity index (χ3n) is 6.27. The molecule has 6 heteroatoms. The maximum Gasteiger partial charge on any atom is 0.271 e. The van der Waals surface area contributed by atoms with Crippen molar-refractivity contribution in [2.24, 2.45) is 5.10 Å². The number of hydrogen-bond acceptors (Lipinski definition) is 3. The molecule has 0 radical (unpaired) electrons. The predicted molar refractivity (Wildman–Crippen MR) is 145 cm³/mol. The lowest BCUT2D eigenvalue weighted by molar-refractivity contribution is 0.0955. The first-order chi connectivity index (χ1) is 18.0. The third kappa shape index (κ3) is 5.43. The van der Waals surface area contributed by atoms with Gasteiger partial charge in [0.1, 0.15) is 18.2 Å². The molecule has 0 fully saturated rings. The number of carbonyl (C=O) groups is 1. The largest absolute Gasteiger partial charge is 0.489 e. The molecule has 0 spiro atoms. The Hall–Kier alpha value is -4.71. The minimum atomic E-state index is -0.262. The number of benzene rings is 4. The molecule has 0 aliphatic carbocycles. The summed E-state index contributed by atoms with van der Waals surface area (Å²) in [6.07, 6.45) is 1.66. The van der Waals surface area contributed by atoms with Crippen LogP contribution in [0.2, 0.25) is 0 Å². The fourth-order valence-electron chi connectivity index (χ4n) is 4.31. The zero-order chi connectivity index (χ0) is 25.8. The first-order valence-electron chi connectivity index (χ1n) is 12.0. The second-order valence-corrected chi connectivity index (χ2v) is 8.83. The highest BCUT2D eigenvalue weighted by molar-refractivity contribution is 5.99. The van der Waals surface area contributed by atoms with Gasteiger partial charge < -0.3 is 9.30 Å². The summed E-state index contributed by atoms with van der Waals surface area (Å²) in [6.45, 7) is 4.40. The Labute approximate surface area is 214 Å². The standard InChI is InChI=1S/C31H26FN3O2/c1-21-17-27(19-33-34-31(36)26-10-9-24-5-3-4-6-25(24)18-26)22(2)35(21)29-13-15-30(16-14-29)37-20-23-7-11-28(32)12-8-23/h3-19H,20H2,1-2H3,(H,34,36)/b33-19+. The quantitative estimate of drug-likeness (QED) is 0.203. The maximum atomic E-state index is 13.1. The fraction of sp³-hybridized carbons (Fsp3) is 0.0968. The molecule has 5 aromatic rings. The van der Waals surface area contributed by atoms with Gasteiger partial charge in [-0.15, -0.1) is 0 Å². The van der Waals surface area contributed by atoms with E-state index >= 15 is 0 Å². The fourth-order valence-corrected chi connectivity index (χ4v) is 4.31. The lowest BCUT2D eigenvalue weighted by Crippen LogP contribution is -2.17. The lowest BCUT2D eigenvalue weighted by Gasteiger charge is -2.11. The minimum Gasteiger partial charge on any atom is -0.489 e. The number of hydrazone groups is 1. The van der Waals surface area contributed by atoms with Gasteiger partial charge in [-0.25, -0.2) is 9.82 Å². The van der Waals surface area contributed by atoms with Crippen LogP contribution in [0.1, 0.15) is 32.9 Å². The van der Waals surface area contributed by atoms with E-state index in [1.54, 1.807) is 24.4 Å². The highest BCUT2D eigenvalue weighted by atomic mass is 19.1. The maximum absolute atomic E-state index is 13.1. The Kier molecular flexibility index (Phi) is 6.81. The van der Waals surface area contributed by atoms with Gasteiger partial charge in [0.15, 0.2) is 0 Å². The van der Waals surface area contributed by atoms with Crippen molar-refractivity contribution in [2.75, 3.05) is 0 Å². The van der Waals surface area contributed by atoms with Gasteiger partial charge in [-0.3, -0.25) is 4.79 Å². The molecule has 184 valence electrons. The van der Waals surface area contributed by atoms with Crippen LogP contribution in [-0.4, -0.2) is 16.7 Å². The van der Waals surface area contributed by atoms with Crippen LogP contribution >= 0.6 is 0 Å². The van der Waals surface area contributed by atoms with Crippen molar-refractivity contribution in [3.63, 3.8) is 0 Å². The minimum absolute atomic E-state index is 0.257. The van der Waals surface area contributed by atoms with Crippen molar-refractivity contribution in [1.82, 2.24) is 9.99 Å². The number of aromatic nitrogens is 1. The molecule has 0 bridgehead atoms. The van der Waals surface area contributed by atoms with E-state index in [1.165, 1.54) is 12.1 Å². The summed E-state index contributed by atoms with van der Waals surface area (Å²) < 4.78 is 21.0. The Balaban J connectivity index is 1.25. The molecule has 5 rings (SSSR count). The SMILES string of the molecule is Cc1cc(/C=N/NC(=O)c2ccc3ccccc3c2)c(C)n1-c1ccc(OCc2ccc(F)cc2)cc1. The highest BCUT2D eigenvalue weighted by Gasteiger charge is 2.10. The van der Waals surface area contributed by atoms with Gasteiger partial charge in [-0.2, -0.15) is 5.10 Å². The van der Waals surface area contributed by atoms with Gasteiger partial charge >= 0.3 is 0 Å². The number of nitrogens with zero attached hydrogens (tertiary/aromatic N) is 2. The Bertz CT molecular complexity index is 1590. The molecule has 0 saturated heterocycles. The van der Waals surface area contributed by atoms with E-state index in [-0.39, 0.29) is 11.7 Å². The summed E-state index contributed by atoms with van der Waals surface area (Å²) in [7, 11) is 0. The van der Waals surface area contributed by atoms with E-state index < -0.39 is 0 Å². The zero-order valence-electron chi connectivity index (χ0n) is 20.6. The first-order valence-corrected chi connectivity index (χ1v) is 12.0. The predicted octanol–water partition coefficient (Wildman–Crippen LogP) is 6.73. The molecule has 37 heavy (non-hydrogen) atoms. The number of aryl methyl sites for hydroxylation is 1. The van der Waals surface area contributed by atoms with Crippen molar-refractivity contribution in [2.45, 2.75) is 20.5 Å². The molecule has 1 heterocycles. The molecule has 1 aromatic heterocycles. The van der Waals surface area contributed by atoms with E-state index in [0.717, 1.165) is 44.7 Å². The number of carbonyl (C=O) groups excluding carboxylic acids is 1. The number of amides is 1. The van der Waals surface area contributed by atoms with Crippen molar-refractivity contribution in [3.8, 4) is 11.4 Å². The molecular formula is C31H26FN3O2. The average molecular weight is 492 g/mol. The molecule has 0 aliphatic rings. The van der Waals surface area contributed by atoms with E-state index in [1.807, 2.05) is 80.6 Å². The van der Waals surface area contributed by atoms with E-state index in [2.05, 4.69) is 15.1 Å². The van der Waals surface area contributed by atoms with Crippen molar-refractivity contribution in [1.29, 1.82) is 0 Å². The first kappa shape index (κ1) is 24.0. The summed E-state index contributed by atoms with van der Waals surface area (Å²) in [5.74, 6) is 0.211. The van der Waals surface area contributed by atoms with Gasteiger partial charge in [0.25, 0.3) is 5.91 Å². The molecule has 1 N–H and O–H groups in total. The molecule has 4 aromatic carbocycles. The van der Waals surface area contributed by atoms with Crippen LogP contribution in [-0.2, 0) is 6.61 Å². The lowest BCUT2D eigenvalue weighted by atomic mass is 10.1. The van der Waals surface area contributed by atoms with Crippen molar-refractivity contribution in [3.05, 3.63) is 131 Å². The molecule has 0 saturated carbocycles. The number of nitrogens with one attached hydrogen (secondary N) is 1. The van der Waals surface area contributed by atoms with Crippen LogP contribution in [0.15, 0.2) is 102 Å². The Morgan fingerprint density at radius 1 is 0.919 bits per heavy atom. The third-order valence-corrected chi connectivity index (χ3v) is 6.27. The van der Waals surface area contributed by atoms with Crippen LogP contribution in [0, 0.1) is 19.7 Å². The monoisotopic (exact) mass is 491 g/mol. The van der Waals surface area contributed by atoms with Crippen LogP contribution in [0.3, 0.4) is 0 Å². The Morgan fingerprint density at radius 3 is 2.41 bits per heavy atom. The summed E-state index contributed by atoms with van der Waals surface area (Å²) in [4.78, 5) is 12.6. The van der Waals surface area contributed by atoms with Crippen molar-refractivity contribution < 1.29 is 13.9 Å². The number of fused-ring (bicyclic) bond motifs is 1. The number of ether oxygens (including phenoxy) is 1. The van der Waals surface area contributed by atoms with Gasteiger partial charge in [0, 0.05) is 28.2 Å². The van der Waals surface area contributed by atoms with Gasteiger partial charge in [-0.05, 0) is 84.8 Å². The number of rotatable bonds is 7. The summed E-state index contributed by atoms with van der Waals surface area (Å²) in [5, 5.41) is 6.29.